The van der Waals surface area contributed by atoms with E-state index in [-0.39, 0.29) is 23.7 Å². The fourth-order valence-electron chi connectivity index (χ4n) is 5.92. The molecule has 1 unspecified atom stereocenters. The Hall–Kier alpha value is -4.28. The lowest BCUT2D eigenvalue weighted by Gasteiger charge is -2.35. The molecule has 0 aliphatic heterocycles. The van der Waals surface area contributed by atoms with Crippen molar-refractivity contribution in [3.05, 3.63) is 134 Å². The number of ether oxygens (including phenoxy) is 1. The van der Waals surface area contributed by atoms with E-state index in [2.05, 4.69) is 4.90 Å². The predicted octanol–water partition coefficient (Wildman–Crippen LogP) is 7.43. The number of rotatable bonds is 15. The molecule has 0 aliphatic rings. The van der Waals surface area contributed by atoms with Crippen molar-refractivity contribution in [1.82, 2.24) is 24.3 Å². The zero-order chi connectivity index (χ0) is 35.8. The van der Waals surface area contributed by atoms with Gasteiger partial charge in [0.05, 0.1) is 45.7 Å². The lowest BCUT2D eigenvalue weighted by Crippen LogP contribution is -2.43. The van der Waals surface area contributed by atoms with E-state index in [0.29, 0.717) is 77.4 Å². The summed E-state index contributed by atoms with van der Waals surface area (Å²) in [6, 6.07) is 25.6. The average molecular weight is 719 g/mol. The molecule has 11 heteroatoms. The zero-order valence-corrected chi connectivity index (χ0v) is 30.3. The van der Waals surface area contributed by atoms with Crippen LogP contribution in [0.3, 0.4) is 0 Å². The second kappa shape index (κ2) is 17.1. The number of amides is 1. The van der Waals surface area contributed by atoms with E-state index < -0.39 is 6.04 Å². The first-order chi connectivity index (χ1) is 24.0. The Kier molecular flexibility index (Phi) is 12.6. The Morgan fingerprint density at radius 3 is 2.26 bits per heavy atom. The van der Waals surface area contributed by atoms with Crippen molar-refractivity contribution in [2.75, 3.05) is 47.4 Å². The molecular weight excluding hydrogens is 676 g/mol. The van der Waals surface area contributed by atoms with E-state index in [4.69, 9.17) is 32.9 Å². The zero-order valence-electron chi connectivity index (χ0n) is 28.8. The summed E-state index contributed by atoms with van der Waals surface area (Å²) < 4.78 is 20.9. The summed E-state index contributed by atoms with van der Waals surface area (Å²) in [5, 5.41) is 1.25. The fourth-order valence-corrected chi connectivity index (χ4v) is 6.24. The third-order valence-electron chi connectivity index (χ3n) is 8.48. The van der Waals surface area contributed by atoms with Crippen LogP contribution in [0.15, 0.2) is 95.8 Å². The van der Waals surface area contributed by atoms with E-state index in [1.54, 1.807) is 41.0 Å². The first-order valence-electron chi connectivity index (χ1n) is 16.6. The topological polar surface area (TPSA) is 70.9 Å². The van der Waals surface area contributed by atoms with Crippen LogP contribution in [0.1, 0.15) is 36.3 Å². The molecule has 0 N–H and O–H groups in total. The maximum absolute atomic E-state index is 14.5. The molecule has 8 nitrogen and oxygen atoms in total. The van der Waals surface area contributed by atoms with Gasteiger partial charge in [-0.25, -0.2) is 9.37 Å². The van der Waals surface area contributed by atoms with E-state index >= 15 is 0 Å². The molecule has 262 valence electrons. The Bertz CT molecular complexity index is 1970. The van der Waals surface area contributed by atoms with Crippen molar-refractivity contribution in [2.24, 2.45) is 0 Å². The number of carbonyl (C=O) groups is 1. The van der Waals surface area contributed by atoms with E-state index in [1.807, 2.05) is 80.3 Å². The molecule has 4 aromatic carbocycles. The summed E-state index contributed by atoms with van der Waals surface area (Å²) in [5.41, 5.74) is 2.61. The molecule has 1 aromatic heterocycles. The van der Waals surface area contributed by atoms with Crippen molar-refractivity contribution >= 4 is 40.0 Å². The minimum atomic E-state index is -0.607. The van der Waals surface area contributed by atoms with Gasteiger partial charge in [0.25, 0.3) is 5.56 Å². The van der Waals surface area contributed by atoms with Gasteiger partial charge in [-0.1, -0.05) is 53.5 Å². The molecule has 5 aromatic rings. The first-order valence-corrected chi connectivity index (χ1v) is 17.4. The Labute approximate surface area is 302 Å². The third-order valence-corrected chi connectivity index (χ3v) is 9.22. The van der Waals surface area contributed by atoms with Gasteiger partial charge in [-0.05, 0) is 106 Å². The number of fused-ring (bicyclic) bond motifs is 1. The highest BCUT2D eigenvalue weighted by atomic mass is 35.5. The van der Waals surface area contributed by atoms with Gasteiger partial charge in [-0.2, -0.15) is 0 Å². The number of hydrogen-bond donors (Lipinski definition) is 0. The van der Waals surface area contributed by atoms with Crippen LogP contribution < -0.4 is 10.3 Å². The van der Waals surface area contributed by atoms with Crippen LogP contribution >= 0.6 is 23.2 Å². The highest BCUT2D eigenvalue weighted by Gasteiger charge is 2.31. The molecule has 0 radical (unpaired) electrons. The predicted molar refractivity (Wildman–Crippen MR) is 199 cm³/mol. The lowest BCUT2D eigenvalue weighted by molar-refractivity contribution is -0.133. The molecule has 0 aliphatic carbocycles. The highest BCUT2D eigenvalue weighted by molar-refractivity contribution is 6.42. The molecule has 0 spiro atoms. The minimum Gasteiger partial charge on any atom is -0.494 e. The van der Waals surface area contributed by atoms with E-state index in [1.165, 1.54) is 12.1 Å². The molecule has 0 bridgehead atoms. The number of para-hydroxylation sites is 1. The van der Waals surface area contributed by atoms with Crippen LogP contribution in [0, 0.1) is 5.82 Å². The second-order valence-corrected chi connectivity index (χ2v) is 13.4. The van der Waals surface area contributed by atoms with Crippen molar-refractivity contribution in [3.63, 3.8) is 0 Å². The number of hydrogen-bond acceptors (Lipinski definition) is 6. The summed E-state index contributed by atoms with van der Waals surface area (Å²) >= 11 is 12.5. The quantitative estimate of drug-likeness (QED) is 0.112. The molecule has 5 rings (SSSR count). The molecule has 1 amide bonds. The van der Waals surface area contributed by atoms with Crippen LogP contribution in [0.2, 0.25) is 10.0 Å². The SMILES string of the molecule is CCOc1ccc(-n2c(C(CCN(C)Cc3ccc(F)cc3)N(CCN(C)C)C(=O)Cc3ccc(Cl)c(Cl)c3)nc3ccccc3c2=O)cc1. The summed E-state index contributed by atoms with van der Waals surface area (Å²) in [4.78, 5) is 40.0. The summed E-state index contributed by atoms with van der Waals surface area (Å²) in [5.74, 6) is 0.706. The van der Waals surface area contributed by atoms with Crippen molar-refractivity contribution < 1.29 is 13.9 Å². The molecule has 1 heterocycles. The number of carbonyl (C=O) groups excluding carboxylic acids is 1. The normalized spacial score (nSPS) is 12.1. The second-order valence-electron chi connectivity index (χ2n) is 12.5. The highest BCUT2D eigenvalue weighted by Crippen LogP contribution is 2.29. The van der Waals surface area contributed by atoms with Gasteiger partial charge in [0.2, 0.25) is 5.91 Å². The van der Waals surface area contributed by atoms with Gasteiger partial charge < -0.3 is 19.4 Å². The molecule has 0 fully saturated rings. The van der Waals surface area contributed by atoms with Crippen LogP contribution in [0.25, 0.3) is 16.6 Å². The molecule has 1 atom stereocenters. The third kappa shape index (κ3) is 9.28. The van der Waals surface area contributed by atoms with Gasteiger partial charge in [0.15, 0.2) is 0 Å². The van der Waals surface area contributed by atoms with Gasteiger partial charge in [0.1, 0.15) is 17.4 Å². The van der Waals surface area contributed by atoms with Crippen molar-refractivity contribution in [1.29, 1.82) is 0 Å². The van der Waals surface area contributed by atoms with E-state index in [9.17, 15) is 14.0 Å². The van der Waals surface area contributed by atoms with Gasteiger partial charge >= 0.3 is 0 Å². The van der Waals surface area contributed by atoms with Crippen LogP contribution in [-0.4, -0.2) is 77.5 Å². The van der Waals surface area contributed by atoms with Crippen LogP contribution in [0.5, 0.6) is 5.75 Å². The average Bonchev–Trinajstić information content (AvgIpc) is 3.09. The first kappa shape index (κ1) is 37.0. The summed E-state index contributed by atoms with van der Waals surface area (Å²) in [6.45, 7) is 4.50. The van der Waals surface area contributed by atoms with Gasteiger partial charge in [-0.3, -0.25) is 14.2 Å². The molecule has 50 heavy (non-hydrogen) atoms. The van der Waals surface area contributed by atoms with Crippen molar-refractivity contribution in [2.45, 2.75) is 32.4 Å². The number of benzene rings is 4. The fraction of sp³-hybridized carbons (Fsp3) is 0.308. The smallest absolute Gasteiger partial charge is 0.266 e. The molecular formula is C39H42Cl2FN5O3. The molecule has 0 saturated carbocycles. The molecule has 0 saturated heterocycles. The Balaban J connectivity index is 1.63. The largest absolute Gasteiger partial charge is 0.494 e. The summed E-state index contributed by atoms with van der Waals surface area (Å²) in [6.07, 6.45) is 0.535. The van der Waals surface area contributed by atoms with E-state index in [0.717, 1.165) is 11.1 Å². The van der Waals surface area contributed by atoms with Crippen LogP contribution in [-0.2, 0) is 17.8 Å². The monoisotopic (exact) mass is 717 g/mol. The standard InChI is InChI=1S/C39H42Cl2FN5O3/c1-5-50-31-17-15-30(16-18-31)47-38(43-35-9-7-6-8-32(35)39(47)49)36(20-21-45(4)26-27-10-13-29(42)14-11-27)46(23-22-44(2)3)37(48)25-28-12-19-33(40)34(41)24-28/h6-19,24,36H,5,20-23,25-26H2,1-4H3. The Morgan fingerprint density at radius 1 is 0.880 bits per heavy atom. The summed E-state index contributed by atoms with van der Waals surface area (Å²) in [7, 11) is 5.89. The van der Waals surface area contributed by atoms with Crippen molar-refractivity contribution in [3.8, 4) is 11.4 Å². The number of halogens is 3. The van der Waals surface area contributed by atoms with Gasteiger partial charge in [0, 0.05) is 26.2 Å². The van der Waals surface area contributed by atoms with Crippen LogP contribution in [0.4, 0.5) is 4.39 Å². The van der Waals surface area contributed by atoms with Gasteiger partial charge in [-0.15, -0.1) is 0 Å². The number of aromatic nitrogens is 2. The Morgan fingerprint density at radius 2 is 1.58 bits per heavy atom. The number of likely N-dealkylation sites (N-methyl/N-ethyl adjacent to an activating group) is 1. The minimum absolute atomic E-state index is 0.0765. The maximum Gasteiger partial charge on any atom is 0.266 e. The lowest BCUT2D eigenvalue weighted by atomic mass is 10.1. The maximum atomic E-state index is 14.5. The number of nitrogens with zero attached hydrogens (tertiary/aromatic N) is 5.